The van der Waals surface area contributed by atoms with E-state index >= 15 is 0 Å². The van der Waals surface area contributed by atoms with E-state index in [4.69, 9.17) is 23.2 Å². The number of carbonyl (C=O) groups is 2. The predicted octanol–water partition coefficient (Wildman–Crippen LogP) is 3.80. The van der Waals surface area contributed by atoms with E-state index in [1.807, 2.05) is 0 Å². The van der Waals surface area contributed by atoms with Gasteiger partial charge in [0.05, 0.1) is 0 Å². The van der Waals surface area contributed by atoms with Crippen LogP contribution in [0.4, 0.5) is 10.1 Å². The van der Waals surface area contributed by atoms with Gasteiger partial charge in [0.2, 0.25) is 11.8 Å². The van der Waals surface area contributed by atoms with E-state index in [-0.39, 0.29) is 19.0 Å². The molecule has 7 heteroatoms. The molecule has 0 saturated carbocycles. The zero-order valence-electron chi connectivity index (χ0n) is 12.9. The number of nitrogens with zero attached hydrogens (tertiary/aromatic N) is 1. The molecule has 0 bridgehead atoms. The van der Waals surface area contributed by atoms with Gasteiger partial charge in [0.1, 0.15) is 12.4 Å². The van der Waals surface area contributed by atoms with Crippen LogP contribution in [0.25, 0.3) is 0 Å². The summed E-state index contributed by atoms with van der Waals surface area (Å²) in [5, 5.41) is 3.30. The van der Waals surface area contributed by atoms with Crippen LogP contribution in [0.1, 0.15) is 12.5 Å². The molecule has 4 nitrogen and oxygen atoms in total. The van der Waals surface area contributed by atoms with Crippen molar-refractivity contribution in [1.29, 1.82) is 0 Å². The van der Waals surface area contributed by atoms with Gasteiger partial charge in [-0.05, 0) is 24.3 Å². The smallest absolute Gasteiger partial charge is 0.240 e. The van der Waals surface area contributed by atoms with Gasteiger partial charge in [-0.3, -0.25) is 9.59 Å². The molecule has 0 fully saturated rings. The van der Waals surface area contributed by atoms with Crippen LogP contribution in [-0.2, 0) is 16.1 Å². The van der Waals surface area contributed by atoms with Gasteiger partial charge in [-0.25, -0.2) is 4.39 Å². The molecule has 0 aliphatic carbocycles. The minimum absolute atomic E-state index is 0.0353. The average Bonchev–Trinajstić information content (AvgIpc) is 2.50. The van der Waals surface area contributed by atoms with E-state index in [9.17, 15) is 14.0 Å². The average molecular weight is 369 g/mol. The van der Waals surface area contributed by atoms with Crippen molar-refractivity contribution < 1.29 is 14.0 Å². The van der Waals surface area contributed by atoms with E-state index in [1.54, 1.807) is 30.3 Å². The summed E-state index contributed by atoms with van der Waals surface area (Å²) in [6.07, 6.45) is 0. The van der Waals surface area contributed by atoms with Crippen molar-refractivity contribution in [2.24, 2.45) is 0 Å². The van der Waals surface area contributed by atoms with Crippen molar-refractivity contribution in [2.75, 3.05) is 11.4 Å². The fourth-order valence-electron chi connectivity index (χ4n) is 2.11. The zero-order valence-corrected chi connectivity index (χ0v) is 14.4. The van der Waals surface area contributed by atoms with E-state index in [0.717, 1.165) is 0 Å². The lowest BCUT2D eigenvalue weighted by atomic mass is 10.2. The highest BCUT2D eigenvalue weighted by Crippen LogP contribution is 2.25. The zero-order chi connectivity index (χ0) is 17.7. The maximum Gasteiger partial charge on any atom is 0.240 e. The predicted molar refractivity (Wildman–Crippen MR) is 92.7 cm³/mol. The van der Waals surface area contributed by atoms with E-state index in [2.05, 4.69) is 5.32 Å². The summed E-state index contributed by atoms with van der Waals surface area (Å²) < 4.78 is 13.5. The highest BCUT2D eigenvalue weighted by molar-refractivity contribution is 6.35. The normalized spacial score (nSPS) is 10.3. The van der Waals surface area contributed by atoms with Crippen LogP contribution < -0.4 is 10.2 Å². The molecule has 24 heavy (non-hydrogen) atoms. The molecule has 0 radical (unpaired) electrons. The van der Waals surface area contributed by atoms with Gasteiger partial charge in [-0.1, -0.05) is 41.4 Å². The van der Waals surface area contributed by atoms with E-state index in [0.29, 0.717) is 21.3 Å². The summed E-state index contributed by atoms with van der Waals surface area (Å²) in [6.45, 7) is 1.15. The van der Waals surface area contributed by atoms with Crippen molar-refractivity contribution in [1.82, 2.24) is 5.32 Å². The molecule has 0 aliphatic heterocycles. The maximum atomic E-state index is 13.5. The number of nitrogens with one attached hydrogen (secondary N) is 1. The molecule has 0 atom stereocenters. The molecule has 2 aromatic carbocycles. The number of rotatable bonds is 5. The van der Waals surface area contributed by atoms with Crippen LogP contribution in [-0.4, -0.2) is 18.4 Å². The lowest BCUT2D eigenvalue weighted by Crippen LogP contribution is -2.39. The third-order valence-corrected chi connectivity index (χ3v) is 3.71. The Kier molecular flexibility index (Phi) is 6.17. The van der Waals surface area contributed by atoms with Gasteiger partial charge >= 0.3 is 0 Å². The summed E-state index contributed by atoms with van der Waals surface area (Å²) in [6, 6.07) is 10.8. The SMILES string of the molecule is CC(=O)N(CC(=O)NCc1ccccc1F)c1cc(Cl)cc(Cl)c1. The van der Waals surface area contributed by atoms with Gasteiger partial charge < -0.3 is 10.2 Å². The Hall–Kier alpha value is -2.11. The van der Waals surface area contributed by atoms with Crippen LogP contribution in [0.5, 0.6) is 0 Å². The summed E-state index contributed by atoms with van der Waals surface area (Å²) in [5.41, 5.74) is 0.784. The highest BCUT2D eigenvalue weighted by Gasteiger charge is 2.17. The second-order valence-electron chi connectivity index (χ2n) is 5.10. The molecule has 2 aromatic rings. The minimum Gasteiger partial charge on any atom is -0.350 e. The summed E-state index contributed by atoms with van der Waals surface area (Å²) in [4.78, 5) is 25.2. The second kappa shape index (κ2) is 8.13. The lowest BCUT2D eigenvalue weighted by Gasteiger charge is -2.21. The van der Waals surface area contributed by atoms with Crippen molar-refractivity contribution in [3.63, 3.8) is 0 Å². The van der Waals surface area contributed by atoms with Crippen molar-refractivity contribution in [3.05, 3.63) is 63.9 Å². The Morgan fingerprint density at radius 1 is 1.12 bits per heavy atom. The molecule has 0 aliphatic rings. The molecule has 0 unspecified atom stereocenters. The van der Waals surface area contributed by atoms with Gasteiger partial charge in [0, 0.05) is 34.8 Å². The molecule has 0 aromatic heterocycles. The fourth-order valence-corrected chi connectivity index (χ4v) is 2.63. The Bertz CT molecular complexity index is 748. The Labute approximate surface area is 149 Å². The molecular formula is C17H15Cl2FN2O2. The first-order chi connectivity index (χ1) is 11.4. The second-order valence-corrected chi connectivity index (χ2v) is 5.97. The third kappa shape index (κ3) is 4.94. The van der Waals surface area contributed by atoms with Gasteiger partial charge in [-0.2, -0.15) is 0 Å². The highest BCUT2D eigenvalue weighted by atomic mass is 35.5. The molecule has 0 heterocycles. The minimum atomic E-state index is -0.426. The summed E-state index contributed by atoms with van der Waals surface area (Å²) in [5.74, 6) is -1.17. The van der Waals surface area contributed by atoms with Crippen LogP contribution in [0, 0.1) is 5.82 Å². The monoisotopic (exact) mass is 368 g/mol. The van der Waals surface area contributed by atoms with Crippen LogP contribution in [0.15, 0.2) is 42.5 Å². The number of amides is 2. The summed E-state index contributed by atoms with van der Waals surface area (Å²) in [7, 11) is 0. The van der Waals surface area contributed by atoms with Crippen molar-refractivity contribution >= 4 is 40.7 Å². The van der Waals surface area contributed by atoms with Gasteiger partial charge in [0.25, 0.3) is 0 Å². The molecular weight excluding hydrogens is 354 g/mol. The number of benzene rings is 2. The first-order valence-corrected chi connectivity index (χ1v) is 7.86. The molecule has 2 amide bonds. The fraction of sp³-hybridized carbons (Fsp3) is 0.176. The van der Waals surface area contributed by atoms with Crippen LogP contribution in [0.2, 0.25) is 10.0 Å². The van der Waals surface area contributed by atoms with Crippen LogP contribution >= 0.6 is 23.2 Å². The standard InChI is InChI=1S/C17H15Cl2FN2O2/c1-11(23)22(15-7-13(18)6-14(19)8-15)10-17(24)21-9-12-4-2-3-5-16(12)20/h2-8H,9-10H2,1H3,(H,21,24). The topological polar surface area (TPSA) is 49.4 Å². The Morgan fingerprint density at radius 2 is 1.75 bits per heavy atom. The van der Waals surface area contributed by atoms with Gasteiger partial charge in [0.15, 0.2) is 0 Å². The molecule has 1 N–H and O–H groups in total. The molecule has 126 valence electrons. The third-order valence-electron chi connectivity index (χ3n) is 3.27. The number of hydrogen-bond acceptors (Lipinski definition) is 2. The van der Waals surface area contributed by atoms with E-state index in [1.165, 1.54) is 24.0 Å². The number of carbonyl (C=O) groups excluding carboxylic acids is 2. The number of anilines is 1. The number of hydrogen-bond donors (Lipinski definition) is 1. The quantitative estimate of drug-likeness (QED) is 0.872. The summed E-state index contributed by atoms with van der Waals surface area (Å²) >= 11 is 11.9. The number of halogens is 3. The first-order valence-electron chi connectivity index (χ1n) is 7.11. The first kappa shape index (κ1) is 18.2. The van der Waals surface area contributed by atoms with Crippen molar-refractivity contribution in [2.45, 2.75) is 13.5 Å². The Morgan fingerprint density at radius 3 is 2.33 bits per heavy atom. The Balaban J connectivity index is 2.06. The van der Waals surface area contributed by atoms with Gasteiger partial charge in [-0.15, -0.1) is 0 Å². The largest absolute Gasteiger partial charge is 0.350 e. The molecule has 0 saturated heterocycles. The maximum absolute atomic E-state index is 13.5. The molecule has 0 spiro atoms. The van der Waals surface area contributed by atoms with E-state index < -0.39 is 11.7 Å². The van der Waals surface area contributed by atoms with Crippen molar-refractivity contribution in [3.8, 4) is 0 Å². The molecule has 2 rings (SSSR count). The van der Waals surface area contributed by atoms with Crippen LogP contribution in [0.3, 0.4) is 0 Å². The lowest BCUT2D eigenvalue weighted by molar-refractivity contribution is -0.123.